The van der Waals surface area contributed by atoms with Crippen LogP contribution in [-0.4, -0.2) is 0 Å². The first-order chi connectivity index (χ1) is 8.29. The molecular formula is C15H18O2. The van der Waals surface area contributed by atoms with E-state index in [4.69, 9.17) is 9.15 Å². The van der Waals surface area contributed by atoms with Crippen LogP contribution in [0.2, 0.25) is 0 Å². The number of hydrogen-bond acceptors (Lipinski definition) is 2. The topological polar surface area (TPSA) is 22.4 Å². The molecule has 0 aliphatic heterocycles. The maximum Gasteiger partial charge on any atom is 0.146 e. The quantitative estimate of drug-likeness (QED) is 0.760. The van der Waals surface area contributed by atoms with E-state index in [-0.39, 0.29) is 0 Å². The van der Waals surface area contributed by atoms with Gasteiger partial charge in [-0.1, -0.05) is 26.0 Å². The highest BCUT2D eigenvalue weighted by Crippen LogP contribution is 2.21. The molecule has 2 rings (SSSR count). The Balaban J connectivity index is 1.94. The SMILES string of the molecule is CCC(C)c1ccc(OCc2ccco2)cc1. The molecule has 0 aliphatic carbocycles. The lowest BCUT2D eigenvalue weighted by Gasteiger charge is -2.10. The van der Waals surface area contributed by atoms with Crippen molar-refractivity contribution in [3.63, 3.8) is 0 Å². The molecule has 0 bridgehead atoms. The van der Waals surface area contributed by atoms with Gasteiger partial charge in [-0.15, -0.1) is 0 Å². The van der Waals surface area contributed by atoms with Crippen molar-refractivity contribution in [1.29, 1.82) is 0 Å². The van der Waals surface area contributed by atoms with Crippen LogP contribution in [0.4, 0.5) is 0 Å². The maximum atomic E-state index is 5.63. The van der Waals surface area contributed by atoms with Gasteiger partial charge >= 0.3 is 0 Å². The predicted molar refractivity (Wildman–Crippen MR) is 68.2 cm³/mol. The smallest absolute Gasteiger partial charge is 0.146 e. The first-order valence-corrected chi connectivity index (χ1v) is 6.04. The number of rotatable bonds is 5. The summed E-state index contributed by atoms with van der Waals surface area (Å²) in [6.45, 7) is 4.92. The summed E-state index contributed by atoms with van der Waals surface area (Å²) < 4.78 is 10.8. The predicted octanol–water partition coefficient (Wildman–Crippen LogP) is 4.37. The van der Waals surface area contributed by atoms with Crippen LogP contribution in [-0.2, 0) is 6.61 Å². The van der Waals surface area contributed by atoms with Gasteiger partial charge in [0.25, 0.3) is 0 Å². The van der Waals surface area contributed by atoms with Gasteiger partial charge in [0, 0.05) is 0 Å². The highest BCUT2D eigenvalue weighted by atomic mass is 16.5. The van der Waals surface area contributed by atoms with Gasteiger partial charge in [-0.05, 0) is 42.2 Å². The van der Waals surface area contributed by atoms with Gasteiger partial charge in [0.15, 0.2) is 0 Å². The lowest BCUT2D eigenvalue weighted by atomic mass is 9.99. The minimum Gasteiger partial charge on any atom is -0.486 e. The van der Waals surface area contributed by atoms with E-state index in [1.54, 1.807) is 6.26 Å². The van der Waals surface area contributed by atoms with E-state index >= 15 is 0 Å². The second kappa shape index (κ2) is 5.58. The van der Waals surface area contributed by atoms with Crippen molar-refractivity contribution in [2.75, 3.05) is 0 Å². The molecule has 90 valence electrons. The number of benzene rings is 1. The molecule has 0 spiro atoms. The normalized spacial score (nSPS) is 12.4. The molecule has 0 saturated heterocycles. The lowest BCUT2D eigenvalue weighted by molar-refractivity contribution is 0.270. The average molecular weight is 230 g/mol. The van der Waals surface area contributed by atoms with Gasteiger partial charge in [0.1, 0.15) is 18.1 Å². The summed E-state index contributed by atoms with van der Waals surface area (Å²) >= 11 is 0. The summed E-state index contributed by atoms with van der Waals surface area (Å²) in [6, 6.07) is 12.1. The minimum absolute atomic E-state index is 0.482. The molecule has 0 aliphatic rings. The summed E-state index contributed by atoms with van der Waals surface area (Å²) in [5, 5.41) is 0. The molecule has 1 heterocycles. The van der Waals surface area contributed by atoms with Crippen molar-refractivity contribution >= 4 is 0 Å². The van der Waals surface area contributed by atoms with Crippen molar-refractivity contribution in [2.45, 2.75) is 32.8 Å². The zero-order valence-corrected chi connectivity index (χ0v) is 10.3. The largest absolute Gasteiger partial charge is 0.486 e. The molecule has 0 radical (unpaired) electrons. The Hall–Kier alpha value is -1.70. The monoisotopic (exact) mass is 230 g/mol. The Morgan fingerprint density at radius 1 is 1.18 bits per heavy atom. The highest BCUT2D eigenvalue weighted by molar-refractivity contribution is 5.29. The number of furan rings is 1. The first kappa shape index (κ1) is 11.8. The highest BCUT2D eigenvalue weighted by Gasteiger charge is 2.03. The Morgan fingerprint density at radius 3 is 2.53 bits per heavy atom. The van der Waals surface area contributed by atoms with Gasteiger partial charge in [-0.3, -0.25) is 0 Å². The second-order valence-corrected chi connectivity index (χ2v) is 4.25. The molecule has 2 nitrogen and oxygen atoms in total. The fourth-order valence-corrected chi connectivity index (χ4v) is 1.68. The van der Waals surface area contributed by atoms with E-state index in [1.807, 2.05) is 24.3 Å². The van der Waals surface area contributed by atoms with Crippen molar-refractivity contribution in [3.05, 3.63) is 54.0 Å². The molecule has 17 heavy (non-hydrogen) atoms. The van der Waals surface area contributed by atoms with Crippen LogP contribution < -0.4 is 4.74 Å². The molecule has 2 heteroatoms. The van der Waals surface area contributed by atoms with E-state index in [0.717, 1.165) is 17.9 Å². The maximum absolute atomic E-state index is 5.63. The summed E-state index contributed by atoms with van der Waals surface area (Å²) in [7, 11) is 0. The van der Waals surface area contributed by atoms with Crippen LogP contribution in [0.25, 0.3) is 0 Å². The first-order valence-electron chi connectivity index (χ1n) is 6.04. The van der Waals surface area contributed by atoms with E-state index < -0.39 is 0 Å². The van der Waals surface area contributed by atoms with E-state index in [1.165, 1.54) is 5.56 Å². The van der Waals surface area contributed by atoms with Gasteiger partial charge in [0.2, 0.25) is 0 Å². The van der Waals surface area contributed by atoms with Crippen LogP contribution in [0, 0.1) is 0 Å². The average Bonchev–Trinajstić information content (AvgIpc) is 2.89. The fraction of sp³-hybridized carbons (Fsp3) is 0.333. The molecule has 1 aromatic heterocycles. The fourth-order valence-electron chi connectivity index (χ4n) is 1.68. The molecule has 1 atom stereocenters. The van der Waals surface area contributed by atoms with Crippen LogP contribution in [0.3, 0.4) is 0 Å². The molecule has 1 unspecified atom stereocenters. The third-order valence-corrected chi connectivity index (χ3v) is 3.02. The van der Waals surface area contributed by atoms with Crippen LogP contribution in [0.1, 0.15) is 37.5 Å². The van der Waals surface area contributed by atoms with Crippen LogP contribution >= 0.6 is 0 Å². The summed E-state index contributed by atoms with van der Waals surface area (Å²) in [5.74, 6) is 2.33. The third-order valence-electron chi connectivity index (χ3n) is 3.02. The zero-order valence-electron chi connectivity index (χ0n) is 10.3. The molecule has 0 fully saturated rings. The van der Waals surface area contributed by atoms with Crippen molar-refractivity contribution in [1.82, 2.24) is 0 Å². The van der Waals surface area contributed by atoms with Crippen LogP contribution in [0.5, 0.6) is 5.75 Å². The molecular weight excluding hydrogens is 212 g/mol. The van der Waals surface area contributed by atoms with E-state index in [9.17, 15) is 0 Å². The Labute approximate surface area is 102 Å². The molecule has 0 amide bonds. The van der Waals surface area contributed by atoms with Gasteiger partial charge in [-0.2, -0.15) is 0 Å². The summed E-state index contributed by atoms with van der Waals surface area (Å²) in [4.78, 5) is 0. The lowest BCUT2D eigenvalue weighted by Crippen LogP contribution is -1.95. The van der Waals surface area contributed by atoms with Gasteiger partial charge in [0.05, 0.1) is 6.26 Å². The van der Waals surface area contributed by atoms with Gasteiger partial charge in [-0.25, -0.2) is 0 Å². The summed E-state index contributed by atoms with van der Waals surface area (Å²) in [5.41, 5.74) is 1.36. The molecule has 0 saturated carbocycles. The Bertz CT molecular complexity index is 428. The summed E-state index contributed by atoms with van der Waals surface area (Å²) in [6.07, 6.45) is 2.82. The Kier molecular flexibility index (Phi) is 3.86. The van der Waals surface area contributed by atoms with Crippen molar-refractivity contribution in [3.8, 4) is 5.75 Å². The van der Waals surface area contributed by atoms with E-state index in [0.29, 0.717) is 12.5 Å². The second-order valence-electron chi connectivity index (χ2n) is 4.25. The standard InChI is InChI=1S/C15H18O2/c1-3-12(2)13-6-8-14(9-7-13)17-11-15-5-4-10-16-15/h4-10,12H,3,11H2,1-2H3. The number of hydrogen-bond donors (Lipinski definition) is 0. The van der Waals surface area contributed by atoms with Crippen molar-refractivity contribution in [2.24, 2.45) is 0 Å². The van der Waals surface area contributed by atoms with Crippen LogP contribution in [0.15, 0.2) is 47.1 Å². The molecule has 2 aromatic rings. The number of ether oxygens (including phenoxy) is 1. The van der Waals surface area contributed by atoms with E-state index in [2.05, 4.69) is 26.0 Å². The molecule has 0 N–H and O–H groups in total. The Morgan fingerprint density at radius 2 is 1.94 bits per heavy atom. The van der Waals surface area contributed by atoms with Gasteiger partial charge < -0.3 is 9.15 Å². The zero-order chi connectivity index (χ0) is 12.1. The van der Waals surface area contributed by atoms with Crippen molar-refractivity contribution < 1.29 is 9.15 Å². The third kappa shape index (κ3) is 3.13. The molecule has 1 aromatic carbocycles. The minimum atomic E-state index is 0.482.